The summed E-state index contributed by atoms with van der Waals surface area (Å²) < 4.78 is 11.1. The molecule has 6 nitrogen and oxygen atoms in total. The van der Waals surface area contributed by atoms with Crippen molar-refractivity contribution in [2.45, 2.75) is 26.2 Å². The molecule has 0 saturated carbocycles. The van der Waals surface area contributed by atoms with Crippen molar-refractivity contribution in [2.24, 2.45) is 0 Å². The molecule has 0 unspecified atom stereocenters. The average molecular weight is 460 g/mol. The van der Waals surface area contributed by atoms with Gasteiger partial charge < -0.3 is 14.5 Å². The predicted molar refractivity (Wildman–Crippen MR) is 135 cm³/mol. The van der Waals surface area contributed by atoms with Gasteiger partial charge in [-0.05, 0) is 78.7 Å². The van der Waals surface area contributed by atoms with Crippen LogP contribution in [0.2, 0.25) is 0 Å². The van der Waals surface area contributed by atoms with E-state index in [1.807, 2.05) is 30.3 Å². The molecule has 0 fully saturated rings. The Morgan fingerprint density at radius 2 is 1.94 bits per heavy atom. The summed E-state index contributed by atoms with van der Waals surface area (Å²) in [5.74, 6) is 1.28. The number of carbonyl (C=O) groups is 1. The summed E-state index contributed by atoms with van der Waals surface area (Å²) in [5.41, 5.74) is 4.81. The molecule has 33 heavy (non-hydrogen) atoms. The number of nitrogens with one attached hydrogen (secondary N) is 2. The highest BCUT2D eigenvalue weighted by Gasteiger charge is 2.13. The molecule has 0 aliphatic rings. The van der Waals surface area contributed by atoms with Gasteiger partial charge in [0.2, 0.25) is 5.89 Å². The van der Waals surface area contributed by atoms with Gasteiger partial charge in [-0.1, -0.05) is 32.0 Å². The number of aromatic nitrogens is 1. The van der Waals surface area contributed by atoms with Gasteiger partial charge in [-0.2, -0.15) is 0 Å². The van der Waals surface area contributed by atoms with Gasteiger partial charge in [-0.3, -0.25) is 10.1 Å². The van der Waals surface area contributed by atoms with E-state index in [1.54, 1.807) is 31.4 Å². The largest absolute Gasteiger partial charge is 0.497 e. The highest BCUT2D eigenvalue weighted by molar-refractivity contribution is 7.80. The Hall–Kier alpha value is -3.71. The number of carbonyl (C=O) groups excluding carboxylic acids is 1. The number of oxazole rings is 1. The highest BCUT2D eigenvalue weighted by Crippen LogP contribution is 2.29. The number of hydrogen-bond acceptors (Lipinski definition) is 5. The molecule has 1 atom stereocenters. The predicted octanol–water partition coefficient (Wildman–Crippen LogP) is 6.14. The van der Waals surface area contributed by atoms with Crippen LogP contribution in [0.4, 0.5) is 5.69 Å². The zero-order valence-electron chi connectivity index (χ0n) is 18.7. The maximum atomic E-state index is 12.5. The van der Waals surface area contributed by atoms with Crippen LogP contribution >= 0.6 is 12.2 Å². The first-order valence-corrected chi connectivity index (χ1v) is 11.1. The zero-order valence-corrected chi connectivity index (χ0v) is 19.5. The molecule has 0 radical (unpaired) electrons. The maximum absolute atomic E-state index is 12.5. The van der Waals surface area contributed by atoms with Crippen molar-refractivity contribution in [3.05, 3.63) is 77.9 Å². The van der Waals surface area contributed by atoms with Crippen LogP contribution in [0.15, 0.2) is 71.1 Å². The van der Waals surface area contributed by atoms with Crippen LogP contribution in [0.5, 0.6) is 5.75 Å². The fourth-order valence-corrected chi connectivity index (χ4v) is 3.65. The number of benzene rings is 3. The van der Waals surface area contributed by atoms with Gasteiger partial charge in [0.25, 0.3) is 5.91 Å². The Labute approximate surface area is 198 Å². The molecule has 0 aliphatic carbocycles. The lowest BCUT2D eigenvalue weighted by Crippen LogP contribution is -2.34. The molecule has 0 saturated heterocycles. The summed E-state index contributed by atoms with van der Waals surface area (Å²) in [4.78, 5) is 17.2. The summed E-state index contributed by atoms with van der Waals surface area (Å²) in [6, 6.07) is 20.6. The van der Waals surface area contributed by atoms with E-state index >= 15 is 0 Å². The van der Waals surface area contributed by atoms with E-state index in [0.29, 0.717) is 28.8 Å². The van der Waals surface area contributed by atoms with Crippen LogP contribution in [-0.2, 0) is 0 Å². The quantitative estimate of drug-likeness (QED) is 0.337. The molecule has 2 N–H and O–H groups in total. The van der Waals surface area contributed by atoms with Gasteiger partial charge in [0.15, 0.2) is 10.7 Å². The summed E-state index contributed by atoms with van der Waals surface area (Å²) in [6.07, 6.45) is 1.07. The van der Waals surface area contributed by atoms with Gasteiger partial charge >= 0.3 is 0 Å². The first kappa shape index (κ1) is 22.5. The molecule has 0 aliphatic heterocycles. The first-order valence-electron chi connectivity index (χ1n) is 10.7. The number of amides is 1. The Balaban J connectivity index is 1.48. The minimum absolute atomic E-state index is 0.190. The van der Waals surface area contributed by atoms with Crippen LogP contribution in [0.1, 0.15) is 42.1 Å². The SMILES string of the molecule is CC[C@H](C)c1ccc2oc(-c3cccc(NC(=S)NC(=O)c4cccc(OC)c4)c3)nc2c1. The van der Waals surface area contributed by atoms with Crippen LogP contribution < -0.4 is 15.4 Å². The molecule has 0 spiro atoms. The van der Waals surface area contributed by atoms with E-state index in [1.165, 1.54) is 5.56 Å². The van der Waals surface area contributed by atoms with E-state index in [-0.39, 0.29) is 11.0 Å². The molecular weight excluding hydrogens is 434 g/mol. The third-order valence-corrected chi connectivity index (χ3v) is 5.72. The standard InChI is InChI=1S/C26H25N3O3S/c1-4-16(2)17-11-12-23-22(15-17)28-25(32-23)19-8-5-9-20(13-19)27-26(33)29-24(30)18-7-6-10-21(14-18)31-3/h5-16H,4H2,1-3H3,(H2,27,29,30,33)/t16-/m0/s1. The topological polar surface area (TPSA) is 76.4 Å². The maximum Gasteiger partial charge on any atom is 0.257 e. The van der Waals surface area contributed by atoms with Crippen molar-refractivity contribution < 1.29 is 13.9 Å². The number of anilines is 1. The summed E-state index contributed by atoms with van der Waals surface area (Å²) in [5, 5.41) is 5.92. The molecule has 3 aromatic carbocycles. The van der Waals surface area contributed by atoms with Crippen LogP contribution in [0, 0.1) is 0 Å². The second kappa shape index (κ2) is 9.83. The van der Waals surface area contributed by atoms with Crippen molar-refractivity contribution in [1.82, 2.24) is 10.3 Å². The van der Waals surface area contributed by atoms with Crippen LogP contribution in [-0.4, -0.2) is 23.1 Å². The lowest BCUT2D eigenvalue weighted by atomic mass is 9.98. The van der Waals surface area contributed by atoms with E-state index in [4.69, 9.17) is 21.4 Å². The number of ether oxygens (including phenoxy) is 1. The molecule has 7 heteroatoms. The molecule has 1 amide bonds. The van der Waals surface area contributed by atoms with Gasteiger partial charge in [-0.15, -0.1) is 0 Å². The number of fused-ring (bicyclic) bond motifs is 1. The molecular formula is C26H25N3O3S. The molecule has 4 aromatic rings. The summed E-state index contributed by atoms with van der Waals surface area (Å²) >= 11 is 5.32. The second-order valence-electron chi connectivity index (χ2n) is 7.78. The van der Waals surface area contributed by atoms with Gasteiger partial charge in [-0.25, -0.2) is 4.98 Å². The van der Waals surface area contributed by atoms with Gasteiger partial charge in [0.1, 0.15) is 11.3 Å². The van der Waals surface area contributed by atoms with E-state index in [2.05, 4.69) is 41.6 Å². The molecule has 1 aromatic heterocycles. The van der Waals surface area contributed by atoms with Crippen molar-refractivity contribution in [1.29, 1.82) is 0 Å². The van der Waals surface area contributed by atoms with E-state index in [0.717, 1.165) is 23.1 Å². The molecule has 4 rings (SSSR count). The molecule has 1 heterocycles. The Morgan fingerprint density at radius 1 is 1.12 bits per heavy atom. The Bertz CT molecular complexity index is 1320. The summed E-state index contributed by atoms with van der Waals surface area (Å²) in [6.45, 7) is 4.37. The normalized spacial score (nSPS) is 11.7. The van der Waals surface area contributed by atoms with Crippen LogP contribution in [0.3, 0.4) is 0 Å². The monoisotopic (exact) mass is 459 g/mol. The van der Waals surface area contributed by atoms with Crippen molar-refractivity contribution >= 4 is 40.0 Å². The number of rotatable bonds is 6. The minimum atomic E-state index is -0.321. The third-order valence-electron chi connectivity index (χ3n) is 5.52. The minimum Gasteiger partial charge on any atom is -0.497 e. The smallest absolute Gasteiger partial charge is 0.257 e. The van der Waals surface area contributed by atoms with E-state index in [9.17, 15) is 4.79 Å². The zero-order chi connectivity index (χ0) is 23.4. The number of hydrogen-bond donors (Lipinski definition) is 2. The van der Waals surface area contributed by atoms with Crippen molar-refractivity contribution in [3.63, 3.8) is 0 Å². The highest BCUT2D eigenvalue weighted by atomic mass is 32.1. The fourth-order valence-electron chi connectivity index (χ4n) is 3.44. The van der Waals surface area contributed by atoms with E-state index < -0.39 is 0 Å². The van der Waals surface area contributed by atoms with Crippen molar-refractivity contribution in [3.8, 4) is 17.2 Å². The third kappa shape index (κ3) is 5.21. The van der Waals surface area contributed by atoms with Gasteiger partial charge in [0.05, 0.1) is 7.11 Å². The molecule has 168 valence electrons. The Morgan fingerprint density at radius 3 is 2.73 bits per heavy atom. The first-order chi connectivity index (χ1) is 16.0. The Kier molecular flexibility index (Phi) is 6.70. The average Bonchev–Trinajstić information content (AvgIpc) is 3.27. The summed E-state index contributed by atoms with van der Waals surface area (Å²) in [7, 11) is 1.55. The number of nitrogens with zero attached hydrogens (tertiary/aromatic N) is 1. The van der Waals surface area contributed by atoms with Crippen molar-refractivity contribution in [2.75, 3.05) is 12.4 Å². The second-order valence-corrected chi connectivity index (χ2v) is 8.18. The fraction of sp³-hybridized carbons (Fsp3) is 0.192. The lowest BCUT2D eigenvalue weighted by Gasteiger charge is -2.10. The lowest BCUT2D eigenvalue weighted by molar-refractivity contribution is 0.0977. The number of thiocarbonyl (C=S) groups is 1. The number of methoxy groups -OCH3 is 1. The van der Waals surface area contributed by atoms with Gasteiger partial charge in [0, 0.05) is 16.8 Å². The van der Waals surface area contributed by atoms with Crippen LogP contribution in [0.25, 0.3) is 22.6 Å². The molecule has 0 bridgehead atoms.